The number of nitrogens with one attached hydrogen (secondary N) is 2. The number of rotatable bonds is 6. The number of aromatic amines is 1. The highest BCUT2D eigenvalue weighted by atomic mass is 32.2. The quantitative estimate of drug-likeness (QED) is 0.357. The second kappa shape index (κ2) is 8.37. The second-order valence-electron chi connectivity index (χ2n) is 10.6. The van der Waals surface area contributed by atoms with E-state index in [0.29, 0.717) is 36.4 Å². The molecule has 6 rings (SSSR count). The van der Waals surface area contributed by atoms with Crippen molar-refractivity contribution >= 4 is 32.6 Å². The highest BCUT2D eigenvalue weighted by Crippen LogP contribution is 2.38. The number of hydrogen-bond donors (Lipinski definition) is 3. The number of imidazole rings is 1. The molecule has 0 unspecified atom stereocenters. The van der Waals surface area contributed by atoms with Gasteiger partial charge in [-0.1, -0.05) is 24.3 Å². The minimum Gasteiger partial charge on any atom is -0.386 e. The number of H-pyrrole nitrogens is 1. The molecule has 2 fully saturated rings. The SMILES string of the molecule is CC(=O)N1C[C@H](NS(=O)(=O)C2CC2)C[C@H]1c1nc(-c2ccc(C(C)(C)O)cc2)c2cnc3[nH]ccc3n12. The van der Waals surface area contributed by atoms with Gasteiger partial charge in [0.15, 0.2) is 5.65 Å². The summed E-state index contributed by atoms with van der Waals surface area (Å²) in [4.78, 5) is 27.2. The first-order chi connectivity index (χ1) is 17.5. The summed E-state index contributed by atoms with van der Waals surface area (Å²) in [6.07, 6.45) is 5.36. The summed E-state index contributed by atoms with van der Waals surface area (Å²) in [6.45, 7) is 5.27. The van der Waals surface area contributed by atoms with Crippen LogP contribution in [0.2, 0.25) is 0 Å². The maximum absolute atomic E-state index is 12.7. The van der Waals surface area contributed by atoms with Crippen LogP contribution in [-0.4, -0.2) is 61.5 Å². The van der Waals surface area contributed by atoms with Crippen molar-refractivity contribution < 1.29 is 18.3 Å². The molecule has 1 aliphatic heterocycles. The van der Waals surface area contributed by atoms with Gasteiger partial charge in [-0.25, -0.2) is 23.1 Å². The van der Waals surface area contributed by atoms with E-state index < -0.39 is 21.7 Å². The van der Waals surface area contributed by atoms with Crippen LogP contribution in [0.1, 0.15) is 57.5 Å². The molecule has 1 amide bonds. The van der Waals surface area contributed by atoms with E-state index in [-0.39, 0.29) is 23.7 Å². The van der Waals surface area contributed by atoms with E-state index in [0.717, 1.165) is 22.2 Å². The Bertz CT molecular complexity index is 1610. The van der Waals surface area contributed by atoms with Gasteiger partial charge in [-0.2, -0.15) is 0 Å². The van der Waals surface area contributed by atoms with Crippen molar-refractivity contribution in [1.29, 1.82) is 0 Å². The van der Waals surface area contributed by atoms with Gasteiger partial charge in [-0.3, -0.25) is 9.20 Å². The number of sulfonamides is 1. The summed E-state index contributed by atoms with van der Waals surface area (Å²) in [5.41, 5.74) is 3.68. The van der Waals surface area contributed by atoms with Crippen LogP contribution in [0.3, 0.4) is 0 Å². The number of fused-ring (bicyclic) bond motifs is 3. The van der Waals surface area contributed by atoms with E-state index >= 15 is 0 Å². The first-order valence-corrected chi connectivity index (χ1v) is 14.0. The summed E-state index contributed by atoms with van der Waals surface area (Å²) in [5.74, 6) is 0.525. The molecule has 11 heteroatoms. The molecule has 3 aromatic heterocycles. The first kappa shape index (κ1) is 24.1. The highest BCUT2D eigenvalue weighted by molar-refractivity contribution is 7.90. The molecule has 1 saturated carbocycles. The van der Waals surface area contributed by atoms with Gasteiger partial charge < -0.3 is 15.0 Å². The van der Waals surface area contributed by atoms with Gasteiger partial charge in [0.25, 0.3) is 0 Å². The zero-order chi connectivity index (χ0) is 26.1. The summed E-state index contributed by atoms with van der Waals surface area (Å²) < 4.78 is 30.1. The third-order valence-corrected chi connectivity index (χ3v) is 9.37. The molecule has 37 heavy (non-hydrogen) atoms. The average molecular weight is 523 g/mol. The molecular formula is C26H30N6O4S. The standard InChI is InChI=1S/C26H30N6O4S/c1-15(33)31-14-18(30-37(35,36)19-8-9-19)12-21(31)25-29-23(16-4-6-17(7-5-16)26(2,3)34)22-13-28-24-20(32(22)25)10-11-27-24/h4-7,10-11,13,18-19,21,27,30,34H,8-9,12,14H2,1-3H3/t18-,21+/m1/s1. The van der Waals surface area contributed by atoms with E-state index in [1.807, 2.05) is 40.9 Å². The molecule has 2 aliphatic rings. The van der Waals surface area contributed by atoms with Crippen LogP contribution in [0.25, 0.3) is 27.9 Å². The number of amides is 1. The smallest absolute Gasteiger partial charge is 0.220 e. The normalized spacial score (nSPS) is 20.8. The number of hydrogen-bond acceptors (Lipinski definition) is 6. The van der Waals surface area contributed by atoms with E-state index in [9.17, 15) is 18.3 Å². The van der Waals surface area contributed by atoms with Gasteiger partial charge >= 0.3 is 0 Å². The maximum Gasteiger partial charge on any atom is 0.220 e. The number of aromatic nitrogens is 4. The van der Waals surface area contributed by atoms with Crippen LogP contribution in [0.15, 0.2) is 42.7 Å². The maximum atomic E-state index is 12.7. The molecule has 10 nitrogen and oxygen atoms in total. The van der Waals surface area contributed by atoms with E-state index in [2.05, 4.69) is 14.7 Å². The Kier molecular flexibility index (Phi) is 5.45. The number of carbonyl (C=O) groups is 1. The Morgan fingerprint density at radius 3 is 2.54 bits per heavy atom. The lowest BCUT2D eigenvalue weighted by molar-refractivity contribution is -0.129. The van der Waals surface area contributed by atoms with Gasteiger partial charge in [0.2, 0.25) is 15.9 Å². The number of nitrogens with zero attached hydrogens (tertiary/aromatic N) is 4. The lowest BCUT2D eigenvalue weighted by Crippen LogP contribution is -2.39. The summed E-state index contributed by atoms with van der Waals surface area (Å²) in [6, 6.07) is 8.72. The highest BCUT2D eigenvalue weighted by Gasteiger charge is 2.43. The zero-order valence-corrected chi connectivity index (χ0v) is 21.8. The van der Waals surface area contributed by atoms with Crippen molar-refractivity contribution in [2.24, 2.45) is 0 Å². The predicted molar refractivity (Wildman–Crippen MR) is 139 cm³/mol. The first-order valence-electron chi connectivity index (χ1n) is 12.5. The Balaban J connectivity index is 1.47. The van der Waals surface area contributed by atoms with Crippen LogP contribution in [0.4, 0.5) is 0 Å². The third-order valence-electron chi connectivity index (χ3n) is 7.36. The lowest BCUT2D eigenvalue weighted by Gasteiger charge is -2.22. The predicted octanol–water partition coefficient (Wildman–Crippen LogP) is 2.85. The number of benzene rings is 1. The Morgan fingerprint density at radius 1 is 1.16 bits per heavy atom. The van der Waals surface area contributed by atoms with Crippen LogP contribution in [0.5, 0.6) is 0 Å². The van der Waals surface area contributed by atoms with Crippen LogP contribution < -0.4 is 4.72 Å². The zero-order valence-electron chi connectivity index (χ0n) is 21.0. The molecule has 3 N–H and O–H groups in total. The monoisotopic (exact) mass is 522 g/mol. The Morgan fingerprint density at radius 2 is 1.89 bits per heavy atom. The van der Waals surface area contributed by atoms with Crippen molar-refractivity contribution in [2.45, 2.75) is 63.0 Å². The molecule has 194 valence electrons. The number of likely N-dealkylation sites (tertiary alicyclic amines) is 1. The summed E-state index contributed by atoms with van der Waals surface area (Å²) >= 11 is 0. The van der Waals surface area contributed by atoms with Crippen molar-refractivity contribution in [3.63, 3.8) is 0 Å². The van der Waals surface area contributed by atoms with Gasteiger partial charge in [0, 0.05) is 31.3 Å². The summed E-state index contributed by atoms with van der Waals surface area (Å²) in [7, 11) is -3.40. The van der Waals surface area contributed by atoms with Gasteiger partial charge in [-0.15, -0.1) is 0 Å². The van der Waals surface area contributed by atoms with Gasteiger partial charge in [0.05, 0.1) is 39.8 Å². The minimum absolute atomic E-state index is 0.134. The fraction of sp³-hybridized carbons (Fsp3) is 0.423. The van der Waals surface area contributed by atoms with Crippen molar-refractivity contribution in [3.05, 3.63) is 54.1 Å². The lowest BCUT2D eigenvalue weighted by atomic mass is 9.97. The molecular weight excluding hydrogens is 492 g/mol. The van der Waals surface area contributed by atoms with E-state index in [4.69, 9.17) is 4.98 Å². The molecule has 0 bridgehead atoms. The minimum atomic E-state index is -3.40. The van der Waals surface area contributed by atoms with Crippen LogP contribution >= 0.6 is 0 Å². The second-order valence-corrected chi connectivity index (χ2v) is 12.6. The molecule has 0 radical (unpaired) electrons. The van der Waals surface area contributed by atoms with Gasteiger partial charge in [-0.05, 0) is 44.7 Å². The summed E-state index contributed by atoms with van der Waals surface area (Å²) in [5, 5.41) is 10.0. The topological polar surface area (TPSA) is 133 Å². The molecule has 0 spiro atoms. The average Bonchev–Trinajstić information content (AvgIpc) is 3.29. The number of aliphatic hydroxyl groups is 1. The van der Waals surface area contributed by atoms with Crippen molar-refractivity contribution in [2.75, 3.05) is 6.54 Å². The van der Waals surface area contributed by atoms with Crippen LogP contribution in [-0.2, 0) is 20.4 Å². The largest absolute Gasteiger partial charge is 0.386 e. The van der Waals surface area contributed by atoms with Crippen molar-refractivity contribution in [1.82, 2.24) is 29.0 Å². The van der Waals surface area contributed by atoms with Gasteiger partial charge in [0.1, 0.15) is 5.82 Å². The van der Waals surface area contributed by atoms with Crippen molar-refractivity contribution in [3.8, 4) is 11.3 Å². The fourth-order valence-electron chi connectivity index (χ4n) is 5.28. The molecule has 4 heterocycles. The molecule has 1 aliphatic carbocycles. The number of carbonyl (C=O) groups excluding carboxylic acids is 1. The molecule has 1 aromatic carbocycles. The Labute approximate surface area is 214 Å². The molecule has 1 saturated heterocycles. The van der Waals surface area contributed by atoms with E-state index in [1.54, 1.807) is 24.9 Å². The molecule has 4 aromatic rings. The third kappa shape index (κ3) is 4.20. The van der Waals surface area contributed by atoms with Crippen LogP contribution in [0, 0.1) is 0 Å². The molecule has 2 atom stereocenters. The van der Waals surface area contributed by atoms with E-state index in [1.165, 1.54) is 6.92 Å². The Hall–Kier alpha value is -3.28. The fourth-order valence-corrected chi connectivity index (χ4v) is 6.86.